The SMILES string of the molecule is N#CCc1ccc(N/C=C2\C(=O)NC(=O)c3ccc(-c4ccc5[nH]ccc5c4)cc32)cc1. The summed E-state index contributed by atoms with van der Waals surface area (Å²) in [4.78, 5) is 28.2. The largest absolute Gasteiger partial charge is 0.361 e. The minimum atomic E-state index is -0.450. The third-order valence-electron chi connectivity index (χ3n) is 5.53. The van der Waals surface area contributed by atoms with Crippen LogP contribution in [0.1, 0.15) is 21.5 Å². The van der Waals surface area contributed by atoms with Crippen molar-refractivity contribution in [3.8, 4) is 17.2 Å². The van der Waals surface area contributed by atoms with Crippen molar-refractivity contribution >= 4 is 34.0 Å². The van der Waals surface area contributed by atoms with E-state index in [1.807, 2.05) is 60.8 Å². The van der Waals surface area contributed by atoms with Gasteiger partial charge in [-0.15, -0.1) is 0 Å². The molecule has 0 fully saturated rings. The van der Waals surface area contributed by atoms with Gasteiger partial charge in [-0.1, -0.05) is 24.3 Å². The molecule has 0 radical (unpaired) electrons. The van der Waals surface area contributed by atoms with Gasteiger partial charge in [-0.2, -0.15) is 5.26 Å². The Balaban J connectivity index is 1.52. The number of benzene rings is 3. The van der Waals surface area contributed by atoms with E-state index in [0.29, 0.717) is 23.1 Å². The molecule has 2 amide bonds. The summed E-state index contributed by atoms with van der Waals surface area (Å²) in [6.07, 6.45) is 3.85. The van der Waals surface area contributed by atoms with Crippen molar-refractivity contribution in [3.05, 3.63) is 95.8 Å². The third-order valence-corrected chi connectivity index (χ3v) is 5.53. The van der Waals surface area contributed by atoms with E-state index in [1.165, 1.54) is 0 Å². The molecule has 2 heterocycles. The molecule has 1 aliphatic rings. The fourth-order valence-electron chi connectivity index (χ4n) is 3.85. The average molecular weight is 418 g/mol. The highest BCUT2D eigenvalue weighted by atomic mass is 16.2. The molecule has 0 saturated carbocycles. The van der Waals surface area contributed by atoms with Crippen LogP contribution in [-0.4, -0.2) is 16.8 Å². The second-order valence-electron chi connectivity index (χ2n) is 7.56. The number of imide groups is 1. The predicted molar refractivity (Wildman–Crippen MR) is 124 cm³/mol. The number of nitrogens with zero attached hydrogens (tertiary/aromatic N) is 1. The smallest absolute Gasteiger partial charge is 0.260 e. The van der Waals surface area contributed by atoms with E-state index in [0.717, 1.165) is 33.3 Å². The molecule has 154 valence electrons. The molecule has 0 aliphatic carbocycles. The maximum absolute atomic E-state index is 12.6. The highest BCUT2D eigenvalue weighted by molar-refractivity contribution is 6.31. The Morgan fingerprint density at radius 3 is 2.47 bits per heavy atom. The average Bonchev–Trinajstić information content (AvgIpc) is 3.28. The number of amides is 2. The van der Waals surface area contributed by atoms with Crippen LogP contribution >= 0.6 is 0 Å². The van der Waals surface area contributed by atoms with E-state index in [4.69, 9.17) is 5.26 Å². The Bertz CT molecular complexity index is 1440. The maximum Gasteiger partial charge on any atom is 0.260 e. The number of carbonyl (C=O) groups excluding carboxylic acids is 2. The van der Waals surface area contributed by atoms with Crippen molar-refractivity contribution in [1.29, 1.82) is 5.26 Å². The van der Waals surface area contributed by atoms with Crippen molar-refractivity contribution in [2.75, 3.05) is 5.32 Å². The minimum absolute atomic E-state index is 0.344. The molecular weight excluding hydrogens is 400 g/mol. The summed E-state index contributed by atoms with van der Waals surface area (Å²) in [5, 5.41) is 15.4. The van der Waals surface area contributed by atoms with E-state index in [9.17, 15) is 9.59 Å². The van der Waals surface area contributed by atoms with Crippen LogP contribution in [0.5, 0.6) is 0 Å². The van der Waals surface area contributed by atoms with Crippen molar-refractivity contribution in [1.82, 2.24) is 10.3 Å². The summed E-state index contributed by atoms with van der Waals surface area (Å²) in [6.45, 7) is 0. The first-order valence-electron chi connectivity index (χ1n) is 10.1. The van der Waals surface area contributed by atoms with Crippen LogP contribution in [0.15, 0.2) is 79.1 Å². The molecule has 1 aromatic heterocycles. The Kier molecular flexibility index (Phi) is 4.77. The lowest BCUT2D eigenvalue weighted by molar-refractivity contribution is -0.114. The van der Waals surface area contributed by atoms with Crippen LogP contribution in [0, 0.1) is 11.3 Å². The van der Waals surface area contributed by atoms with E-state index in [-0.39, 0.29) is 0 Å². The van der Waals surface area contributed by atoms with Gasteiger partial charge >= 0.3 is 0 Å². The molecule has 6 nitrogen and oxygen atoms in total. The molecule has 32 heavy (non-hydrogen) atoms. The molecule has 4 aromatic rings. The van der Waals surface area contributed by atoms with Gasteiger partial charge in [0.15, 0.2) is 0 Å². The second kappa shape index (κ2) is 7.89. The molecule has 0 atom stereocenters. The molecule has 1 aliphatic heterocycles. The van der Waals surface area contributed by atoms with Gasteiger partial charge in [-0.3, -0.25) is 14.9 Å². The van der Waals surface area contributed by atoms with Crippen LogP contribution < -0.4 is 10.6 Å². The molecule has 0 bridgehead atoms. The molecule has 0 unspecified atom stereocenters. The van der Waals surface area contributed by atoms with Crippen LogP contribution in [0.25, 0.3) is 27.6 Å². The first kappa shape index (κ1) is 19.3. The molecule has 0 saturated heterocycles. The van der Waals surface area contributed by atoms with E-state index in [1.54, 1.807) is 12.3 Å². The Hall–Kier alpha value is -4.63. The predicted octanol–water partition coefficient (Wildman–Crippen LogP) is 4.62. The maximum atomic E-state index is 12.6. The fraction of sp³-hybridized carbons (Fsp3) is 0.0385. The highest BCUT2D eigenvalue weighted by Gasteiger charge is 2.27. The normalized spacial score (nSPS) is 14.2. The molecule has 3 N–H and O–H groups in total. The van der Waals surface area contributed by atoms with Crippen molar-refractivity contribution in [2.24, 2.45) is 0 Å². The minimum Gasteiger partial charge on any atom is -0.361 e. The summed E-state index contributed by atoms with van der Waals surface area (Å²) in [5.41, 5.74) is 6.07. The number of anilines is 1. The number of nitrogens with one attached hydrogen (secondary N) is 3. The lowest BCUT2D eigenvalue weighted by Crippen LogP contribution is -2.36. The van der Waals surface area contributed by atoms with Crippen molar-refractivity contribution < 1.29 is 9.59 Å². The van der Waals surface area contributed by atoms with E-state index < -0.39 is 11.8 Å². The first-order chi connectivity index (χ1) is 15.6. The standard InChI is InChI=1S/C26H18N4O2/c27-11-9-16-1-5-20(6-2-16)29-15-23-22-14-18(3-7-21(22)25(31)30-26(23)32)17-4-8-24-19(13-17)10-12-28-24/h1-8,10,12-15,28-29H,9H2,(H,30,31,32)/b23-15-. The monoisotopic (exact) mass is 418 g/mol. The van der Waals surface area contributed by atoms with Gasteiger partial charge in [0.25, 0.3) is 11.8 Å². The zero-order valence-corrected chi connectivity index (χ0v) is 17.0. The van der Waals surface area contributed by atoms with Gasteiger partial charge in [-0.05, 0) is 64.5 Å². The number of carbonyl (C=O) groups is 2. The highest BCUT2D eigenvalue weighted by Crippen LogP contribution is 2.31. The van der Waals surface area contributed by atoms with Gasteiger partial charge in [0.05, 0.1) is 18.1 Å². The number of H-pyrrole nitrogens is 1. The van der Waals surface area contributed by atoms with Gasteiger partial charge < -0.3 is 10.3 Å². The molecule has 3 aromatic carbocycles. The second-order valence-corrected chi connectivity index (χ2v) is 7.56. The van der Waals surface area contributed by atoms with Crippen LogP contribution in [0.2, 0.25) is 0 Å². The van der Waals surface area contributed by atoms with E-state index >= 15 is 0 Å². The number of fused-ring (bicyclic) bond motifs is 2. The number of aromatic amines is 1. The molecule has 6 heteroatoms. The number of nitriles is 1. The molecule has 5 rings (SSSR count). The van der Waals surface area contributed by atoms with Gasteiger partial charge in [0.1, 0.15) is 0 Å². The Morgan fingerprint density at radius 1 is 0.875 bits per heavy atom. The fourth-order valence-corrected chi connectivity index (χ4v) is 3.85. The number of aromatic nitrogens is 1. The lowest BCUT2D eigenvalue weighted by atomic mass is 9.91. The number of hydrogen-bond donors (Lipinski definition) is 3. The summed E-state index contributed by atoms with van der Waals surface area (Å²) in [5.74, 6) is -0.856. The Morgan fingerprint density at radius 2 is 1.66 bits per heavy atom. The van der Waals surface area contributed by atoms with Crippen LogP contribution in [0.4, 0.5) is 5.69 Å². The Labute approximate surface area is 184 Å². The van der Waals surface area contributed by atoms with Gasteiger partial charge in [0.2, 0.25) is 0 Å². The van der Waals surface area contributed by atoms with Gasteiger partial charge in [-0.25, -0.2) is 0 Å². The zero-order chi connectivity index (χ0) is 22.1. The first-order valence-corrected chi connectivity index (χ1v) is 10.1. The lowest BCUT2D eigenvalue weighted by Gasteiger charge is -2.19. The topological polar surface area (TPSA) is 97.8 Å². The van der Waals surface area contributed by atoms with E-state index in [2.05, 4.69) is 27.8 Å². The van der Waals surface area contributed by atoms with Crippen molar-refractivity contribution in [3.63, 3.8) is 0 Å². The summed E-state index contributed by atoms with van der Waals surface area (Å²) in [6, 6.07) is 23.1. The van der Waals surface area contributed by atoms with Crippen LogP contribution in [-0.2, 0) is 11.2 Å². The summed E-state index contributed by atoms with van der Waals surface area (Å²) >= 11 is 0. The number of hydrogen-bond acceptors (Lipinski definition) is 4. The quantitative estimate of drug-likeness (QED) is 0.333. The number of rotatable bonds is 4. The third kappa shape index (κ3) is 3.53. The molecular formula is C26H18N4O2. The van der Waals surface area contributed by atoms with Crippen LogP contribution in [0.3, 0.4) is 0 Å². The zero-order valence-electron chi connectivity index (χ0n) is 17.0. The summed E-state index contributed by atoms with van der Waals surface area (Å²) < 4.78 is 0. The van der Waals surface area contributed by atoms with Crippen molar-refractivity contribution in [2.45, 2.75) is 6.42 Å². The van der Waals surface area contributed by atoms with Gasteiger partial charge in [0, 0.05) is 34.7 Å². The summed E-state index contributed by atoms with van der Waals surface area (Å²) in [7, 11) is 0. The molecule has 0 spiro atoms.